The topological polar surface area (TPSA) is 146 Å². The van der Waals surface area contributed by atoms with E-state index >= 15 is 0 Å². The molecule has 6 atom stereocenters. The smallest absolute Gasteiger partial charge is 0.246 e. The molecule has 3 unspecified atom stereocenters. The van der Waals surface area contributed by atoms with Gasteiger partial charge in [0.1, 0.15) is 18.1 Å². The van der Waals surface area contributed by atoms with E-state index in [0.717, 1.165) is 24.8 Å². The molecular weight excluding hydrogens is 584 g/mol. The summed E-state index contributed by atoms with van der Waals surface area (Å²) in [6.07, 6.45) is 3.61. The maximum atomic E-state index is 13.8. The molecule has 2 aliphatic heterocycles. The van der Waals surface area contributed by atoms with Crippen molar-refractivity contribution >= 4 is 23.6 Å². The Hall–Kier alpha value is -3.80. The quantitative estimate of drug-likeness (QED) is 0.217. The summed E-state index contributed by atoms with van der Waals surface area (Å²) in [6.45, 7) is 4.46. The van der Waals surface area contributed by atoms with E-state index in [2.05, 4.69) is 28.1 Å². The van der Waals surface area contributed by atoms with Crippen LogP contribution in [0.3, 0.4) is 0 Å². The highest BCUT2D eigenvalue weighted by Gasteiger charge is 2.45. The minimum absolute atomic E-state index is 0.0839. The van der Waals surface area contributed by atoms with Gasteiger partial charge < -0.3 is 36.2 Å². The van der Waals surface area contributed by atoms with Gasteiger partial charge in [0.2, 0.25) is 23.6 Å². The van der Waals surface area contributed by atoms with Crippen LogP contribution in [-0.4, -0.2) is 103 Å². The van der Waals surface area contributed by atoms with Gasteiger partial charge in [0, 0.05) is 37.5 Å². The molecule has 0 radical (unpaired) electrons. The van der Waals surface area contributed by atoms with E-state index in [-0.39, 0.29) is 42.8 Å². The first-order valence-corrected chi connectivity index (χ1v) is 16.7. The molecule has 248 valence electrons. The predicted molar refractivity (Wildman–Crippen MR) is 175 cm³/mol. The van der Waals surface area contributed by atoms with Crippen molar-refractivity contribution < 1.29 is 23.9 Å². The van der Waals surface area contributed by atoms with Gasteiger partial charge in [0.15, 0.2) is 0 Å². The second kappa shape index (κ2) is 16.2. The fourth-order valence-corrected chi connectivity index (χ4v) is 6.68. The summed E-state index contributed by atoms with van der Waals surface area (Å²) in [5.74, 6) is -0.673. The molecule has 5 N–H and O–H groups in total. The number of benzene rings is 2. The van der Waals surface area contributed by atoms with Gasteiger partial charge in [-0.05, 0) is 56.7 Å². The first kappa shape index (κ1) is 33.6. The van der Waals surface area contributed by atoms with E-state index in [9.17, 15) is 19.2 Å². The summed E-state index contributed by atoms with van der Waals surface area (Å²) in [5.41, 5.74) is 7.87. The molecule has 2 aromatic carbocycles. The number of likely N-dealkylation sites (tertiary alicyclic amines) is 1. The number of carbonyl (C=O) groups is 4. The molecule has 5 rings (SSSR count). The molecule has 3 aliphatic rings. The third-order valence-electron chi connectivity index (χ3n) is 9.27. The van der Waals surface area contributed by atoms with Crippen molar-refractivity contribution in [3.8, 4) is 0 Å². The Morgan fingerprint density at radius 1 is 0.978 bits per heavy atom. The van der Waals surface area contributed by atoms with Crippen molar-refractivity contribution in [3.05, 3.63) is 71.8 Å². The number of hydrogen-bond donors (Lipinski definition) is 4. The maximum Gasteiger partial charge on any atom is 0.246 e. The Morgan fingerprint density at radius 3 is 2.37 bits per heavy atom. The molecular formula is C35H48N6O5. The lowest BCUT2D eigenvalue weighted by Gasteiger charge is -2.36. The molecule has 3 fully saturated rings. The average molecular weight is 633 g/mol. The van der Waals surface area contributed by atoms with Crippen molar-refractivity contribution in [2.45, 2.75) is 81.6 Å². The van der Waals surface area contributed by atoms with Gasteiger partial charge in [0.25, 0.3) is 0 Å². The fraction of sp³-hybridized carbons (Fsp3) is 0.543. The van der Waals surface area contributed by atoms with Crippen molar-refractivity contribution in [2.75, 3.05) is 39.4 Å². The number of hydrogen-bond acceptors (Lipinski definition) is 7. The third kappa shape index (κ3) is 8.71. The number of rotatable bonds is 15. The lowest BCUT2D eigenvalue weighted by molar-refractivity contribution is -0.148. The monoisotopic (exact) mass is 632 g/mol. The Bertz CT molecular complexity index is 1320. The van der Waals surface area contributed by atoms with Gasteiger partial charge >= 0.3 is 0 Å². The molecule has 11 heteroatoms. The number of carbonyl (C=O) groups excluding carboxylic acids is 4. The van der Waals surface area contributed by atoms with Crippen LogP contribution in [0, 0.1) is 0 Å². The Morgan fingerprint density at radius 2 is 1.67 bits per heavy atom. The van der Waals surface area contributed by atoms with Crippen LogP contribution in [0.25, 0.3) is 0 Å². The van der Waals surface area contributed by atoms with E-state index in [1.807, 2.05) is 55.5 Å². The molecule has 2 aromatic rings. The minimum Gasteiger partial charge on any atom is -0.378 e. The predicted octanol–water partition coefficient (Wildman–Crippen LogP) is 1.32. The summed E-state index contributed by atoms with van der Waals surface area (Å²) in [5, 5.41) is 9.16. The van der Waals surface area contributed by atoms with Crippen molar-refractivity contribution in [1.29, 1.82) is 0 Å². The maximum absolute atomic E-state index is 13.8. The molecule has 1 aliphatic carbocycles. The lowest BCUT2D eigenvalue weighted by atomic mass is 10.0. The van der Waals surface area contributed by atoms with E-state index in [1.54, 1.807) is 9.80 Å². The number of unbranched alkanes of at least 4 members (excludes halogenated alkanes) is 1. The van der Waals surface area contributed by atoms with Crippen LogP contribution < -0.4 is 21.7 Å². The van der Waals surface area contributed by atoms with Gasteiger partial charge in [-0.25, -0.2) is 0 Å². The molecule has 46 heavy (non-hydrogen) atoms. The highest BCUT2D eigenvalue weighted by molar-refractivity contribution is 5.96. The Kier molecular flexibility index (Phi) is 11.8. The summed E-state index contributed by atoms with van der Waals surface area (Å²) < 4.78 is 5.43. The lowest BCUT2D eigenvalue weighted by Crippen LogP contribution is -2.56. The van der Waals surface area contributed by atoms with E-state index in [0.29, 0.717) is 51.6 Å². The third-order valence-corrected chi connectivity index (χ3v) is 9.27. The number of nitrogens with one attached hydrogen (secondary N) is 3. The largest absolute Gasteiger partial charge is 0.378 e. The van der Waals surface area contributed by atoms with E-state index in [1.165, 1.54) is 5.56 Å². The first-order valence-electron chi connectivity index (χ1n) is 16.7. The van der Waals surface area contributed by atoms with Gasteiger partial charge in [-0.3, -0.25) is 19.2 Å². The number of amides is 4. The van der Waals surface area contributed by atoms with Crippen molar-refractivity contribution in [2.24, 2.45) is 5.73 Å². The number of nitrogens with two attached hydrogens (primary N) is 1. The highest BCUT2D eigenvalue weighted by atomic mass is 16.5. The van der Waals surface area contributed by atoms with Crippen LogP contribution in [-0.2, 0) is 30.3 Å². The molecule has 0 aromatic heterocycles. The molecule has 2 heterocycles. The zero-order chi connectivity index (χ0) is 32.5. The van der Waals surface area contributed by atoms with Crippen LogP contribution in [0.4, 0.5) is 0 Å². The second-order valence-electron chi connectivity index (χ2n) is 12.7. The minimum atomic E-state index is -0.867. The first-order chi connectivity index (χ1) is 22.4. The van der Waals surface area contributed by atoms with Crippen LogP contribution in [0.2, 0.25) is 0 Å². The molecule has 2 saturated heterocycles. The van der Waals surface area contributed by atoms with E-state index < -0.39 is 24.0 Å². The molecule has 1 saturated carbocycles. The van der Waals surface area contributed by atoms with E-state index in [4.69, 9.17) is 10.5 Å². The van der Waals surface area contributed by atoms with Crippen LogP contribution in [0.5, 0.6) is 0 Å². The zero-order valence-electron chi connectivity index (χ0n) is 26.7. The van der Waals surface area contributed by atoms with Gasteiger partial charge in [0.05, 0.1) is 19.8 Å². The highest BCUT2D eigenvalue weighted by Crippen LogP contribution is 2.40. The second-order valence-corrected chi connectivity index (χ2v) is 12.7. The van der Waals surface area contributed by atoms with Gasteiger partial charge in [-0.15, -0.1) is 0 Å². The summed E-state index contributed by atoms with van der Waals surface area (Å²) in [4.78, 5) is 57.7. The van der Waals surface area contributed by atoms with Crippen molar-refractivity contribution in [1.82, 2.24) is 25.8 Å². The average Bonchev–Trinajstić information content (AvgIpc) is 3.81. The normalized spacial score (nSPS) is 23.9. The molecule has 4 amide bonds. The molecule has 11 nitrogen and oxygen atoms in total. The number of nitrogens with zero attached hydrogens (tertiary/aromatic N) is 2. The van der Waals surface area contributed by atoms with Crippen LogP contribution in [0.15, 0.2) is 60.7 Å². The van der Waals surface area contributed by atoms with Crippen LogP contribution >= 0.6 is 0 Å². The standard InChI is InChI=1S/C35H48N6O5/c1-24-20-30(34(44)41(24)31(14-8-9-15-36)35(45)40-16-18-46-19-17-40)39-33(43)29(21-25-10-4-2-5-11-25)38-32(42)23-37-28-22-27(28)26-12-6-3-7-13-26/h2-7,10-13,24,27-31,37H,8-9,14-23,36H2,1H3,(H,38,42)(H,39,43)/t24?,27-,28+,29?,30-,31?/m1/s1. The number of morpholine rings is 1. The van der Waals surface area contributed by atoms with Gasteiger partial charge in [-0.1, -0.05) is 60.7 Å². The molecule has 0 spiro atoms. The Labute approximate surface area is 271 Å². The summed E-state index contributed by atoms with van der Waals surface area (Å²) in [7, 11) is 0. The van der Waals surface area contributed by atoms with Crippen molar-refractivity contribution in [3.63, 3.8) is 0 Å². The zero-order valence-corrected chi connectivity index (χ0v) is 26.7. The van der Waals surface area contributed by atoms with Gasteiger partial charge in [-0.2, -0.15) is 0 Å². The van der Waals surface area contributed by atoms with Crippen LogP contribution in [0.1, 0.15) is 56.1 Å². The summed E-state index contributed by atoms with van der Waals surface area (Å²) in [6, 6.07) is 17.4. The SMILES string of the molecule is CC1C[C@@H](NC(=O)C(Cc2ccccc2)NC(=O)CN[C@H]2C[C@@H]2c2ccccc2)C(=O)N1C(CCCCN)C(=O)N1CCOCC1. The number of ether oxygens (including phenoxy) is 1. The summed E-state index contributed by atoms with van der Waals surface area (Å²) >= 11 is 0. The fourth-order valence-electron chi connectivity index (χ4n) is 6.68. The Balaban J connectivity index is 1.22. The molecule has 0 bridgehead atoms.